The summed E-state index contributed by atoms with van der Waals surface area (Å²) in [6.45, 7) is 4.59. The van der Waals surface area contributed by atoms with Crippen LogP contribution < -0.4 is 5.32 Å². The first-order chi connectivity index (χ1) is 9.50. The van der Waals surface area contributed by atoms with Gasteiger partial charge in [0.25, 0.3) is 0 Å². The molecule has 1 fully saturated rings. The van der Waals surface area contributed by atoms with Crippen molar-refractivity contribution in [1.82, 2.24) is 10.2 Å². The normalized spacial score (nSPS) is 23.1. The van der Waals surface area contributed by atoms with Crippen LogP contribution in [0.15, 0.2) is 18.2 Å². The summed E-state index contributed by atoms with van der Waals surface area (Å²) in [5.41, 5.74) is 1.45. The number of fused-ring (bicyclic) bond motifs is 3. The molecule has 1 aromatic rings. The monoisotopic (exact) mass is 282 g/mol. The lowest BCUT2D eigenvalue weighted by Gasteiger charge is -2.30. The maximum absolute atomic E-state index is 13.3. The van der Waals surface area contributed by atoms with E-state index >= 15 is 0 Å². The third-order valence-electron chi connectivity index (χ3n) is 4.05. The highest BCUT2D eigenvalue weighted by molar-refractivity contribution is 5.56. The van der Waals surface area contributed by atoms with Crippen molar-refractivity contribution >= 4 is 6.08 Å². The number of benzene rings is 1. The zero-order valence-corrected chi connectivity index (χ0v) is 11.3. The zero-order chi connectivity index (χ0) is 14.3. The summed E-state index contributed by atoms with van der Waals surface area (Å²) < 4.78 is 39.8. The molecule has 20 heavy (non-hydrogen) atoms. The SMILES string of the molecule is C/C=C\c1cc2c(c(C(F)(F)F)c1)CN1CCNC[C@@H]21. The Labute approximate surface area is 116 Å². The molecule has 0 spiro atoms. The average Bonchev–Trinajstić information content (AvgIpc) is 2.76. The van der Waals surface area contributed by atoms with Gasteiger partial charge in [-0.3, -0.25) is 4.90 Å². The molecular formula is C15H17F3N2. The van der Waals surface area contributed by atoms with E-state index in [9.17, 15) is 13.2 Å². The first-order valence-corrected chi connectivity index (χ1v) is 6.82. The van der Waals surface area contributed by atoms with E-state index in [4.69, 9.17) is 0 Å². The molecule has 3 rings (SSSR count). The molecule has 0 amide bonds. The summed E-state index contributed by atoms with van der Waals surface area (Å²) in [6, 6.07) is 3.25. The maximum atomic E-state index is 13.3. The van der Waals surface area contributed by atoms with E-state index in [1.54, 1.807) is 12.2 Å². The van der Waals surface area contributed by atoms with E-state index in [-0.39, 0.29) is 6.04 Å². The van der Waals surface area contributed by atoms with E-state index in [1.807, 2.05) is 13.0 Å². The van der Waals surface area contributed by atoms with Gasteiger partial charge in [-0.1, -0.05) is 12.2 Å². The first kappa shape index (κ1) is 13.6. The summed E-state index contributed by atoms with van der Waals surface area (Å²) in [6.07, 6.45) is -0.786. The molecule has 1 atom stereocenters. The molecule has 1 saturated heterocycles. The van der Waals surface area contributed by atoms with Gasteiger partial charge in [0, 0.05) is 32.2 Å². The van der Waals surface area contributed by atoms with Crippen molar-refractivity contribution in [2.24, 2.45) is 0 Å². The second-order valence-corrected chi connectivity index (χ2v) is 5.32. The van der Waals surface area contributed by atoms with Crippen LogP contribution in [-0.4, -0.2) is 24.5 Å². The minimum absolute atomic E-state index is 0.0741. The number of allylic oxidation sites excluding steroid dienone is 1. The Bertz CT molecular complexity index is 549. The van der Waals surface area contributed by atoms with E-state index in [2.05, 4.69) is 10.2 Å². The van der Waals surface area contributed by atoms with Gasteiger partial charge in [-0.15, -0.1) is 0 Å². The highest BCUT2D eigenvalue weighted by atomic mass is 19.4. The van der Waals surface area contributed by atoms with Gasteiger partial charge in [-0.2, -0.15) is 13.2 Å². The summed E-state index contributed by atoms with van der Waals surface area (Å²) in [5.74, 6) is 0. The molecule has 0 aromatic heterocycles. The fourth-order valence-corrected chi connectivity index (χ4v) is 3.18. The largest absolute Gasteiger partial charge is 0.416 e. The molecule has 0 aliphatic carbocycles. The maximum Gasteiger partial charge on any atom is 0.416 e. The van der Waals surface area contributed by atoms with Crippen LogP contribution in [0.25, 0.3) is 6.08 Å². The van der Waals surface area contributed by atoms with Gasteiger partial charge >= 0.3 is 6.18 Å². The molecule has 5 heteroatoms. The van der Waals surface area contributed by atoms with E-state index < -0.39 is 11.7 Å². The molecule has 108 valence electrons. The van der Waals surface area contributed by atoms with Crippen molar-refractivity contribution in [2.75, 3.05) is 19.6 Å². The van der Waals surface area contributed by atoms with Crippen molar-refractivity contribution in [3.8, 4) is 0 Å². The Hall–Kier alpha value is -1.33. The Morgan fingerprint density at radius 3 is 2.85 bits per heavy atom. The van der Waals surface area contributed by atoms with Gasteiger partial charge in [-0.25, -0.2) is 0 Å². The number of rotatable bonds is 1. The molecule has 2 heterocycles. The molecule has 2 nitrogen and oxygen atoms in total. The fraction of sp³-hybridized carbons (Fsp3) is 0.467. The minimum atomic E-state index is -4.29. The van der Waals surface area contributed by atoms with Crippen molar-refractivity contribution in [1.29, 1.82) is 0 Å². The third-order valence-corrected chi connectivity index (χ3v) is 4.05. The second kappa shape index (κ2) is 4.90. The lowest BCUT2D eigenvalue weighted by Crippen LogP contribution is -2.42. The lowest BCUT2D eigenvalue weighted by atomic mass is 9.95. The highest BCUT2D eigenvalue weighted by Gasteiger charge is 2.40. The smallest absolute Gasteiger partial charge is 0.314 e. The number of piperazine rings is 1. The minimum Gasteiger partial charge on any atom is -0.314 e. The third kappa shape index (κ3) is 2.25. The number of hydrogen-bond acceptors (Lipinski definition) is 2. The number of hydrogen-bond donors (Lipinski definition) is 1. The van der Waals surface area contributed by atoms with Gasteiger partial charge in [0.15, 0.2) is 0 Å². The fourth-order valence-electron chi connectivity index (χ4n) is 3.18. The molecule has 1 N–H and O–H groups in total. The van der Waals surface area contributed by atoms with Gasteiger partial charge in [0.2, 0.25) is 0 Å². The van der Waals surface area contributed by atoms with Crippen LogP contribution >= 0.6 is 0 Å². The van der Waals surface area contributed by atoms with Crippen LogP contribution in [0.4, 0.5) is 13.2 Å². The summed E-state index contributed by atoms with van der Waals surface area (Å²) in [4.78, 5) is 2.13. The van der Waals surface area contributed by atoms with E-state index in [1.165, 1.54) is 6.07 Å². The van der Waals surface area contributed by atoms with Gasteiger partial charge in [0.1, 0.15) is 0 Å². The van der Waals surface area contributed by atoms with Gasteiger partial charge in [-0.05, 0) is 35.7 Å². The molecular weight excluding hydrogens is 265 g/mol. The zero-order valence-electron chi connectivity index (χ0n) is 11.3. The number of halogens is 3. The number of alkyl halides is 3. The van der Waals surface area contributed by atoms with E-state index in [0.29, 0.717) is 17.7 Å². The average molecular weight is 282 g/mol. The molecule has 0 saturated carbocycles. The second-order valence-electron chi connectivity index (χ2n) is 5.32. The summed E-state index contributed by atoms with van der Waals surface area (Å²) in [7, 11) is 0. The Kier molecular flexibility index (Phi) is 3.34. The van der Waals surface area contributed by atoms with E-state index in [0.717, 1.165) is 25.2 Å². The van der Waals surface area contributed by atoms with Crippen molar-refractivity contribution in [2.45, 2.75) is 25.7 Å². The Morgan fingerprint density at radius 1 is 1.35 bits per heavy atom. The topological polar surface area (TPSA) is 15.3 Å². The lowest BCUT2D eigenvalue weighted by molar-refractivity contribution is -0.138. The van der Waals surface area contributed by atoms with Crippen molar-refractivity contribution in [3.63, 3.8) is 0 Å². The molecule has 2 aliphatic heterocycles. The first-order valence-electron chi connectivity index (χ1n) is 6.82. The molecule has 0 unspecified atom stereocenters. The molecule has 1 aromatic carbocycles. The highest BCUT2D eigenvalue weighted by Crippen LogP contribution is 2.42. The Morgan fingerprint density at radius 2 is 2.15 bits per heavy atom. The van der Waals surface area contributed by atoms with Crippen LogP contribution in [0.5, 0.6) is 0 Å². The van der Waals surface area contributed by atoms with Crippen LogP contribution in [-0.2, 0) is 12.7 Å². The van der Waals surface area contributed by atoms with Crippen molar-refractivity contribution < 1.29 is 13.2 Å². The van der Waals surface area contributed by atoms with Crippen LogP contribution in [0.1, 0.15) is 35.2 Å². The molecule has 2 aliphatic rings. The Balaban J connectivity index is 2.13. The predicted octanol–water partition coefficient (Wildman–Crippen LogP) is 3.20. The quantitative estimate of drug-likeness (QED) is 0.851. The van der Waals surface area contributed by atoms with Gasteiger partial charge in [0.05, 0.1) is 5.56 Å². The van der Waals surface area contributed by atoms with Crippen LogP contribution in [0.2, 0.25) is 0 Å². The number of nitrogens with zero attached hydrogens (tertiary/aromatic N) is 1. The standard InChI is InChI=1S/C15H17F3N2/c1-2-3-10-6-11-12(13(7-10)15(16,17)18)9-20-5-4-19-8-14(11)20/h2-3,6-7,14,19H,4-5,8-9H2,1H3/b3-2-/t14-/m0/s1. The summed E-state index contributed by atoms with van der Waals surface area (Å²) >= 11 is 0. The van der Waals surface area contributed by atoms with Crippen LogP contribution in [0.3, 0.4) is 0 Å². The summed E-state index contributed by atoms with van der Waals surface area (Å²) in [5, 5.41) is 3.27. The van der Waals surface area contributed by atoms with Crippen LogP contribution in [0, 0.1) is 0 Å². The number of nitrogens with one attached hydrogen (secondary N) is 1. The predicted molar refractivity (Wildman–Crippen MR) is 72.2 cm³/mol. The molecule has 0 bridgehead atoms. The van der Waals surface area contributed by atoms with Crippen molar-refractivity contribution in [3.05, 3.63) is 40.5 Å². The van der Waals surface area contributed by atoms with Gasteiger partial charge < -0.3 is 5.32 Å². The molecule has 0 radical (unpaired) electrons.